The van der Waals surface area contributed by atoms with E-state index < -0.39 is 0 Å². The van der Waals surface area contributed by atoms with Crippen LogP contribution in [0.25, 0.3) is 0 Å². The highest BCUT2D eigenvalue weighted by atomic mass is 14.9. The zero-order valence-corrected chi connectivity index (χ0v) is 12.3. The Balaban J connectivity index is 2.14. The van der Waals surface area contributed by atoms with E-state index >= 15 is 0 Å². The fourth-order valence-corrected chi connectivity index (χ4v) is 3.29. The zero-order valence-electron chi connectivity index (χ0n) is 12.3. The van der Waals surface area contributed by atoms with Crippen LogP contribution in [-0.2, 0) is 6.42 Å². The normalized spacial score (nSPS) is 28.1. The molecule has 0 heterocycles. The zero-order chi connectivity index (χ0) is 13.1. The molecule has 1 aliphatic carbocycles. The monoisotopic (exact) mass is 245 g/mol. The van der Waals surface area contributed by atoms with Gasteiger partial charge in [-0.05, 0) is 55.6 Å². The molecule has 1 fully saturated rings. The van der Waals surface area contributed by atoms with Crippen LogP contribution in [0.15, 0.2) is 18.2 Å². The van der Waals surface area contributed by atoms with E-state index in [1.807, 2.05) is 0 Å². The molecule has 1 saturated carbocycles. The van der Waals surface area contributed by atoms with Gasteiger partial charge in [0.2, 0.25) is 0 Å². The predicted octanol–water partition coefficient (Wildman–Crippen LogP) is 4.79. The van der Waals surface area contributed by atoms with Crippen LogP contribution in [0.2, 0.25) is 0 Å². The topological polar surface area (TPSA) is 12.0 Å². The van der Waals surface area contributed by atoms with Gasteiger partial charge in [0.25, 0.3) is 0 Å². The fraction of sp³-hybridized carbons (Fsp3) is 0.647. The Hall–Kier alpha value is -0.980. The molecule has 3 atom stereocenters. The molecule has 0 spiro atoms. The molecule has 1 aromatic carbocycles. The van der Waals surface area contributed by atoms with E-state index in [9.17, 15) is 0 Å². The number of aryl methyl sites for hydroxylation is 2. The van der Waals surface area contributed by atoms with E-state index in [0.29, 0.717) is 6.04 Å². The van der Waals surface area contributed by atoms with Crippen LogP contribution in [0.3, 0.4) is 0 Å². The first-order chi connectivity index (χ1) is 8.61. The summed E-state index contributed by atoms with van der Waals surface area (Å²) in [5, 5.41) is 3.84. The maximum absolute atomic E-state index is 3.84. The number of rotatable bonds is 3. The second kappa shape index (κ2) is 5.77. The second-order valence-electron chi connectivity index (χ2n) is 6.11. The Morgan fingerprint density at radius 3 is 2.67 bits per heavy atom. The Morgan fingerprint density at radius 1 is 1.22 bits per heavy atom. The SMILES string of the molecule is CCc1cccc(C)c1NC1CCC(C)CC1C. The highest BCUT2D eigenvalue weighted by Crippen LogP contribution is 2.32. The van der Waals surface area contributed by atoms with Crippen molar-refractivity contribution in [1.82, 2.24) is 0 Å². The van der Waals surface area contributed by atoms with E-state index in [0.717, 1.165) is 18.3 Å². The molecule has 0 radical (unpaired) electrons. The Bertz CT molecular complexity index is 397. The van der Waals surface area contributed by atoms with Gasteiger partial charge in [-0.25, -0.2) is 0 Å². The van der Waals surface area contributed by atoms with Gasteiger partial charge in [-0.3, -0.25) is 0 Å². The molecule has 0 saturated heterocycles. The minimum Gasteiger partial charge on any atom is -0.382 e. The van der Waals surface area contributed by atoms with Gasteiger partial charge in [0.1, 0.15) is 0 Å². The highest BCUT2D eigenvalue weighted by Gasteiger charge is 2.25. The maximum Gasteiger partial charge on any atom is 0.0404 e. The van der Waals surface area contributed by atoms with Crippen molar-refractivity contribution in [2.75, 3.05) is 5.32 Å². The molecule has 1 aromatic rings. The van der Waals surface area contributed by atoms with Crippen molar-refractivity contribution >= 4 is 5.69 Å². The molecule has 100 valence electrons. The Morgan fingerprint density at radius 2 is 2.00 bits per heavy atom. The number of benzene rings is 1. The van der Waals surface area contributed by atoms with Crippen molar-refractivity contribution in [3.8, 4) is 0 Å². The molecule has 3 unspecified atom stereocenters. The Labute approximate surface area is 112 Å². The molecule has 1 nitrogen and oxygen atoms in total. The van der Waals surface area contributed by atoms with Crippen LogP contribution in [0, 0.1) is 18.8 Å². The summed E-state index contributed by atoms with van der Waals surface area (Å²) in [4.78, 5) is 0. The van der Waals surface area contributed by atoms with Crippen molar-refractivity contribution in [2.45, 2.75) is 59.4 Å². The summed E-state index contributed by atoms with van der Waals surface area (Å²) in [6.07, 6.45) is 5.17. The summed E-state index contributed by atoms with van der Waals surface area (Å²) in [6, 6.07) is 7.31. The smallest absolute Gasteiger partial charge is 0.0404 e. The van der Waals surface area contributed by atoms with Crippen molar-refractivity contribution in [3.63, 3.8) is 0 Å². The maximum atomic E-state index is 3.84. The quantitative estimate of drug-likeness (QED) is 0.807. The van der Waals surface area contributed by atoms with Crippen molar-refractivity contribution in [1.29, 1.82) is 0 Å². The third-order valence-corrected chi connectivity index (χ3v) is 4.50. The van der Waals surface area contributed by atoms with E-state index in [4.69, 9.17) is 0 Å². The fourth-order valence-electron chi connectivity index (χ4n) is 3.29. The molecule has 0 aliphatic heterocycles. The summed E-state index contributed by atoms with van der Waals surface area (Å²) < 4.78 is 0. The number of hydrogen-bond acceptors (Lipinski definition) is 1. The molecule has 0 bridgehead atoms. The number of anilines is 1. The first-order valence-corrected chi connectivity index (χ1v) is 7.46. The van der Waals surface area contributed by atoms with Gasteiger partial charge in [0.05, 0.1) is 0 Å². The molecule has 1 aliphatic rings. The lowest BCUT2D eigenvalue weighted by Gasteiger charge is -2.34. The van der Waals surface area contributed by atoms with Crippen LogP contribution >= 0.6 is 0 Å². The molecule has 1 N–H and O–H groups in total. The number of para-hydroxylation sites is 1. The molecular formula is C17H27N. The van der Waals surface area contributed by atoms with E-state index in [1.54, 1.807) is 0 Å². The number of hydrogen-bond donors (Lipinski definition) is 1. The average Bonchev–Trinajstić information content (AvgIpc) is 2.34. The van der Waals surface area contributed by atoms with Gasteiger partial charge in [0.15, 0.2) is 0 Å². The summed E-state index contributed by atoms with van der Waals surface area (Å²) >= 11 is 0. The minimum atomic E-state index is 0.660. The van der Waals surface area contributed by atoms with E-state index in [1.165, 1.54) is 36.1 Å². The van der Waals surface area contributed by atoms with E-state index in [2.05, 4.69) is 51.2 Å². The van der Waals surface area contributed by atoms with Crippen LogP contribution in [0.1, 0.15) is 51.2 Å². The van der Waals surface area contributed by atoms with Crippen LogP contribution < -0.4 is 5.32 Å². The molecule has 0 amide bonds. The molecule has 2 rings (SSSR count). The summed E-state index contributed by atoms with van der Waals surface area (Å²) in [5.74, 6) is 1.69. The van der Waals surface area contributed by atoms with Crippen LogP contribution in [-0.4, -0.2) is 6.04 Å². The van der Waals surface area contributed by atoms with Crippen molar-refractivity contribution in [3.05, 3.63) is 29.3 Å². The Kier molecular flexibility index (Phi) is 4.31. The largest absolute Gasteiger partial charge is 0.382 e. The molecular weight excluding hydrogens is 218 g/mol. The second-order valence-corrected chi connectivity index (χ2v) is 6.11. The number of nitrogens with one attached hydrogen (secondary N) is 1. The van der Waals surface area contributed by atoms with Crippen LogP contribution in [0.5, 0.6) is 0 Å². The molecule has 0 aromatic heterocycles. The predicted molar refractivity (Wildman–Crippen MR) is 80.1 cm³/mol. The highest BCUT2D eigenvalue weighted by molar-refractivity contribution is 5.58. The third kappa shape index (κ3) is 2.88. The summed E-state index contributed by atoms with van der Waals surface area (Å²) in [7, 11) is 0. The lowest BCUT2D eigenvalue weighted by atomic mass is 9.79. The van der Waals surface area contributed by atoms with Gasteiger partial charge in [-0.1, -0.05) is 39.0 Å². The van der Waals surface area contributed by atoms with Gasteiger partial charge in [-0.2, -0.15) is 0 Å². The third-order valence-electron chi connectivity index (χ3n) is 4.50. The lowest BCUT2D eigenvalue weighted by molar-refractivity contribution is 0.276. The average molecular weight is 245 g/mol. The van der Waals surface area contributed by atoms with Gasteiger partial charge in [0, 0.05) is 11.7 Å². The summed E-state index contributed by atoms with van der Waals surface area (Å²) in [6.45, 7) is 9.25. The lowest BCUT2D eigenvalue weighted by Crippen LogP contribution is -2.33. The van der Waals surface area contributed by atoms with Crippen molar-refractivity contribution in [2.24, 2.45) is 11.8 Å². The molecule has 18 heavy (non-hydrogen) atoms. The van der Waals surface area contributed by atoms with Crippen molar-refractivity contribution < 1.29 is 0 Å². The first kappa shape index (κ1) is 13.5. The van der Waals surface area contributed by atoms with E-state index in [-0.39, 0.29) is 0 Å². The van der Waals surface area contributed by atoms with Gasteiger partial charge >= 0.3 is 0 Å². The standard InChI is InChI=1S/C17H27N/c1-5-15-8-6-7-13(3)17(15)18-16-10-9-12(2)11-14(16)4/h6-8,12,14,16,18H,5,9-11H2,1-4H3. The first-order valence-electron chi connectivity index (χ1n) is 7.46. The van der Waals surface area contributed by atoms with Gasteiger partial charge < -0.3 is 5.32 Å². The minimum absolute atomic E-state index is 0.660. The van der Waals surface area contributed by atoms with Gasteiger partial charge in [-0.15, -0.1) is 0 Å². The molecule has 1 heteroatoms. The summed E-state index contributed by atoms with van der Waals surface area (Å²) in [5.41, 5.74) is 4.24. The van der Waals surface area contributed by atoms with Crippen LogP contribution in [0.4, 0.5) is 5.69 Å².